The lowest BCUT2D eigenvalue weighted by molar-refractivity contribution is 0.0941. The van der Waals surface area contributed by atoms with Crippen molar-refractivity contribution in [2.45, 2.75) is 19.9 Å². The Morgan fingerprint density at radius 1 is 1.00 bits per heavy atom. The second-order valence-corrected chi connectivity index (χ2v) is 8.25. The van der Waals surface area contributed by atoms with E-state index in [4.69, 9.17) is 19.2 Å². The zero-order chi connectivity index (χ0) is 24.2. The van der Waals surface area contributed by atoms with E-state index in [2.05, 4.69) is 10.6 Å². The number of carbonyl (C=O) groups is 1. The summed E-state index contributed by atoms with van der Waals surface area (Å²) in [6.45, 7) is 5.57. The molecule has 7 nitrogen and oxygen atoms in total. The van der Waals surface area contributed by atoms with Crippen molar-refractivity contribution >= 4 is 28.3 Å². The van der Waals surface area contributed by atoms with Crippen molar-refractivity contribution in [3.05, 3.63) is 83.9 Å². The zero-order valence-electron chi connectivity index (χ0n) is 19.7. The first-order valence-corrected chi connectivity index (χ1v) is 11.7. The molecule has 0 aliphatic carbocycles. The second kappa shape index (κ2) is 9.93. The quantitative estimate of drug-likeness (QED) is 0.365. The minimum Gasteiger partial charge on any atom is -0.494 e. The Bertz CT molecular complexity index is 1350. The molecule has 0 spiro atoms. The summed E-state index contributed by atoms with van der Waals surface area (Å²) in [7, 11) is 0. The van der Waals surface area contributed by atoms with Crippen LogP contribution in [0.5, 0.6) is 17.2 Å². The molecule has 35 heavy (non-hydrogen) atoms. The van der Waals surface area contributed by atoms with Gasteiger partial charge in [-0.1, -0.05) is 24.3 Å². The average molecular weight is 470 g/mol. The van der Waals surface area contributed by atoms with Gasteiger partial charge in [-0.05, 0) is 67.9 Å². The number of hydrogen-bond acceptors (Lipinski definition) is 6. The van der Waals surface area contributed by atoms with Crippen molar-refractivity contribution in [3.8, 4) is 17.2 Å². The van der Waals surface area contributed by atoms with E-state index in [9.17, 15) is 4.79 Å². The van der Waals surface area contributed by atoms with Crippen LogP contribution in [0.2, 0.25) is 0 Å². The fourth-order valence-corrected chi connectivity index (χ4v) is 4.06. The number of benzene rings is 3. The summed E-state index contributed by atoms with van der Waals surface area (Å²) < 4.78 is 16.8. The van der Waals surface area contributed by atoms with Crippen LogP contribution in [-0.2, 0) is 0 Å². The number of carbonyl (C=O) groups excluding carboxylic acids is 1. The monoisotopic (exact) mass is 469 g/mol. The van der Waals surface area contributed by atoms with Crippen molar-refractivity contribution < 1.29 is 19.0 Å². The van der Waals surface area contributed by atoms with E-state index < -0.39 is 0 Å². The predicted molar refractivity (Wildman–Crippen MR) is 136 cm³/mol. The second-order valence-electron chi connectivity index (χ2n) is 8.25. The van der Waals surface area contributed by atoms with E-state index in [1.807, 2.05) is 80.6 Å². The van der Waals surface area contributed by atoms with Crippen LogP contribution in [0.4, 0.5) is 11.5 Å². The predicted octanol–water partition coefficient (Wildman–Crippen LogP) is 5.64. The highest BCUT2D eigenvalue weighted by atomic mass is 16.6. The maximum atomic E-state index is 13.4. The number of aromatic nitrogens is 1. The van der Waals surface area contributed by atoms with Gasteiger partial charge in [-0.15, -0.1) is 0 Å². The van der Waals surface area contributed by atoms with Gasteiger partial charge in [0.05, 0.1) is 23.7 Å². The molecule has 1 aliphatic rings. The van der Waals surface area contributed by atoms with Crippen LogP contribution >= 0.6 is 0 Å². The van der Waals surface area contributed by atoms with Crippen LogP contribution in [0.1, 0.15) is 35.8 Å². The molecular formula is C28H27N3O4. The lowest BCUT2D eigenvalue weighted by Gasteiger charge is -2.21. The molecule has 1 aromatic heterocycles. The summed E-state index contributed by atoms with van der Waals surface area (Å²) in [6.07, 6.45) is 0. The SMILES string of the molecule is CCOc1ccc(Nc2cc(C(=O)N[C@@H](C)c3ccc4c(c3)OCCO4)c3ccccc3n2)cc1. The smallest absolute Gasteiger partial charge is 0.252 e. The standard InChI is InChI=1S/C28H27N3O4/c1-3-33-21-11-9-20(10-12-21)30-27-17-23(22-6-4-5-7-24(22)31-27)28(32)29-18(2)19-8-13-25-26(16-19)35-15-14-34-25/h4-13,16-18H,3,14-15H2,1-2H3,(H,29,32)(H,30,31)/t18-/m0/s1. The first kappa shape index (κ1) is 22.5. The molecule has 1 aliphatic heterocycles. The van der Waals surface area contributed by atoms with E-state index in [-0.39, 0.29) is 11.9 Å². The highest BCUT2D eigenvalue weighted by Gasteiger charge is 2.19. The topological polar surface area (TPSA) is 81.7 Å². The first-order valence-electron chi connectivity index (χ1n) is 11.7. The summed E-state index contributed by atoms with van der Waals surface area (Å²) >= 11 is 0. The molecule has 0 bridgehead atoms. The number of nitrogens with zero attached hydrogens (tertiary/aromatic N) is 1. The molecular weight excluding hydrogens is 442 g/mol. The minimum atomic E-state index is -0.229. The van der Waals surface area contributed by atoms with Gasteiger partial charge in [-0.2, -0.15) is 0 Å². The molecule has 0 saturated heterocycles. The van der Waals surface area contributed by atoms with Crippen LogP contribution in [0.25, 0.3) is 10.9 Å². The normalized spacial score (nSPS) is 13.2. The van der Waals surface area contributed by atoms with Gasteiger partial charge in [-0.3, -0.25) is 4.79 Å². The van der Waals surface area contributed by atoms with Crippen LogP contribution in [0.15, 0.2) is 72.8 Å². The van der Waals surface area contributed by atoms with Crippen LogP contribution in [0, 0.1) is 0 Å². The highest BCUT2D eigenvalue weighted by Crippen LogP contribution is 2.33. The number of fused-ring (bicyclic) bond motifs is 2. The Balaban J connectivity index is 1.40. The van der Waals surface area contributed by atoms with E-state index >= 15 is 0 Å². The van der Waals surface area contributed by atoms with Crippen molar-refractivity contribution in [2.75, 3.05) is 25.1 Å². The molecule has 5 rings (SSSR count). The average Bonchev–Trinajstić information content (AvgIpc) is 2.89. The summed E-state index contributed by atoms with van der Waals surface area (Å²) in [4.78, 5) is 18.1. The fraction of sp³-hybridized carbons (Fsp3) is 0.214. The number of hydrogen-bond donors (Lipinski definition) is 2. The number of para-hydroxylation sites is 1. The molecule has 1 atom stereocenters. The molecule has 2 heterocycles. The molecule has 1 amide bonds. The third-order valence-electron chi connectivity index (χ3n) is 5.81. The molecule has 2 N–H and O–H groups in total. The van der Waals surface area contributed by atoms with Gasteiger partial charge in [0, 0.05) is 11.1 Å². The van der Waals surface area contributed by atoms with Gasteiger partial charge >= 0.3 is 0 Å². The highest BCUT2D eigenvalue weighted by molar-refractivity contribution is 6.07. The van der Waals surface area contributed by atoms with Gasteiger partial charge in [0.2, 0.25) is 0 Å². The number of amides is 1. The molecule has 0 unspecified atom stereocenters. The Hall–Kier alpha value is -4.26. The summed E-state index contributed by atoms with van der Waals surface area (Å²) in [6, 6.07) is 22.6. The largest absolute Gasteiger partial charge is 0.494 e. The Morgan fingerprint density at radius 3 is 2.57 bits per heavy atom. The summed E-state index contributed by atoms with van der Waals surface area (Å²) in [5, 5.41) is 7.21. The zero-order valence-corrected chi connectivity index (χ0v) is 19.7. The number of ether oxygens (including phenoxy) is 3. The number of rotatable bonds is 7. The van der Waals surface area contributed by atoms with E-state index in [1.54, 1.807) is 6.07 Å². The molecule has 0 radical (unpaired) electrons. The van der Waals surface area contributed by atoms with Gasteiger partial charge in [0.25, 0.3) is 5.91 Å². The van der Waals surface area contributed by atoms with Gasteiger partial charge in [-0.25, -0.2) is 4.98 Å². The molecule has 0 fully saturated rings. The van der Waals surface area contributed by atoms with E-state index in [1.165, 1.54) is 0 Å². The first-order chi connectivity index (χ1) is 17.1. The van der Waals surface area contributed by atoms with Gasteiger partial charge in [0.1, 0.15) is 24.8 Å². The number of nitrogens with one attached hydrogen (secondary N) is 2. The van der Waals surface area contributed by atoms with Crippen molar-refractivity contribution in [3.63, 3.8) is 0 Å². The molecule has 7 heteroatoms. The lowest BCUT2D eigenvalue weighted by atomic mass is 10.0. The lowest BCUT2D eigenvalue weighted by Crippen LogP contribution is -2.27. The number of pyridine rings is 1. The van der Waals surface area contributed by atoms with Gasteiger partial charge in [0.15, 0.2) is 11.5 Å². The molecule has 4 aromatic rings. The van der Waals surface area contributed by atoms with E-state index in [0.29, 0.717) is 37.0 Å². The van der Waals surface area contributed by atoms with Crippen molar-refractivity contribution in [2.24, 2.45) is 0 Å². The Kier molecular flexibility index (Phi) is 6.39. The third kappa shape index (κ3) is 4.99. The molecule has 3 aromatic carbocycles. The fourth-order valence-electron chi connectivity index (χ4n) is 4.06. The van der Waals surface area contributed by atoms with E-state index in [0.717, 1.165) is 33.7 Å². The Labute approximate surface area is 204 Å². The van der Waals surface area contributed by atoms with Crippen LogP contribution in [-0.4, -0.2) is 30.7 Å². The minimum absolute atomic E-state index is 0.180. The third-order valence-corrected chi connectivity index (χ3v) is 5.81. The Morgan fingerprint density at radius 2 is 1.77 bits per heavy atom. The van der Waals surface area contributed by atoms with Gasteiger partial charge < -0.3 is 24.8 Å². The molecule has 178 valence electrons. The van der Waals surface area contributed by atoms with Crippen LogP contribution < -0.4 is 24.8 Å². The summed E-state index contributed by atoms with van der Waals surface area (Å²) in [5.74, 6) is 2.64. The summed E-state index contributed by atoms with van der Waals surface area (Å²) in [5.41, 5.74) is 3.08. The number of anilines is 2. The maximum Gasteiger partial charge on any atom is 0.252 e. The molecule has 0 saturated carbocycles. The van der Waals surface area contributed by atoms with Crippen LogP contribution in [0.3, 0.4) is 0 Å². The maximum absolute atomic E-state index is 13.4. The van der Waals surface area contributed by atoms with Crippen molar-refractivity contribution in [1.29, 1.82) is 0 Å². The van der Waals surface area contributed by atoms with Crippen molar-refractivity contribution in [1.82, 2.24) is 10.3 Å².